The number of aromatic nitrogens is 2. The van der Waals surface area contributed by atoms with Crippen LogP contribution in [0.5, 0.6) is 0 Å². The minimum Gasteiger partial charge on any atom is -0.326 e. The van der Waals surface area contributed by atoms with Crippen LogP contribution in [0, 0.1) is 0 Å². The number of nitrogens with zero attached hydrogens (tertiary/aromatic N) is 2. The summed E-state index contributed by atoms with van der Waals surface area (Å²) >= 11 is 6.00. The first-order valence-electron chi connectivity index (χ1n) is 7.17. The van der Waals surface area contributed by atoms with E-state index in [-0.39, 0.29) is 0 Å². The lowest BCUT2D eigenvalue weighted by atomic mass is 10.0. The molecule has 0 radical (unpaired) electrons. The van der Waals surface area contributed by atoms with Crippen molar-refractivity contribution < 1.29 is 4.79 Å². The Kier molecular flexibility index (Phi) is 4.39. The van der Waals surface area contributed by atoms with E-state index in [1.165, 1.54) is 5.56 Å². The number of aryl methyl sites for hydroxylation is 1. The normalized spacial score (nSPS) is 10.8. The van der Waals surface area contributed by atoms with Crippen LogP contribution in [0.4, 0.5) is 0 Å². The minimum absolute atomic E-state index is 0.629. The third kappa shape index (κ3) is 3.12. The molecule has 0 saturated heterocycles. The van der Waals surface area contributed by atoms with Gasteiger partial charge in [-0.15, -0.1) is 0 Å². The van der Waals surface area contributed by atoms with E-state index in [1.807, 2.05) is 42.7 Å². The number of carbonyl (C=O) groups is 1. The summed E-state index contributed by atoms with van der Waals surface area (Å²) in [6.45, 7) is 0.785. The number of aldehydes is 1. The number of halogens is 1. The standard InChI is InChI=1S/C17H16ClN3O/c18-14-5-6-16-13(7-9-19-17(16)11-14)3-1-8-20-21-10-2-4-15(21)12-22/h2,4-7,9-12,20H,1,3,8H2. The molecule has 5 heteroatoms. The Labute approximate surface area is 133 Å². The van der Waals surface area contributed by atoms with Crippen LogP contribution in [0.15, 0.2) is 48.8 Å². The van der Waals surface area contributed by atoms with Crippen molar-refractivity contribution in [2.75, 3.05) is 12.0 Å². The molecule has 4 nitrogen and oxygen atoms in total. The summed E-state index contributed by atoms with van der Waals surface area (Å²) in [5.74, 6) is 0. The number of pyridine rings is 1. The Morgan fingerprint density at radius 2 is 2.18 bits per heavy atom. The molecule has 1 aromatic carbocycles. The summed E-state index contributed by atoms with van der Waals surface area (Å²) in [4.78, 5) is 15.2. The monoisotopic (exact) mass is 313 g/mol. The van der Waals surface area contributed by atoms with E-state index >= 15 is 0 Å². The fourth-order valence-corrected chi connectivity index (χ4v) is 2.68. The largest absolute Gasteiger partial charge is 0.326 e. The topological polar surface area (TPSA) is 46.9 Å². The molecular formula is C17H16ClN3O. The molecule has 0 amide bonds. The molecule has 0 spiro atoms. The lowest BCUT2D eigenvalue weighted by molar-refractivity contribution is 0.111. The highest BCUT2D eigenvalue weighted by Gasteiger charge is 2.03. The zero-order valence-corrected chi connectivity index (χ0v) is 12.8. The molecule has 2 heterocycles. The number of hydrogen-bond donors (Lipinski definition) is 1. The summed E-state index contributed by atoms with van der Waals surface area (Å²) in [5, 5.41) is 1.84. The Bertz CT molecular complexity index is 797. The van der Waals surface area contributed by atoms with E-state index in [0.717, 1.165) is 36.6 Å². The van der Waals surface area contributed by atoms with Crippen LogP contribution < -0.4 is 5.43 Å². The lowest BCUT2D eigenvalue weighted by Gasteiger charge is -2.10. The highest BCUT2D eigenvalue weighted by Crippen LogP contribution is 2.21. The Balaban J connectivity index is 1.63. The van der Waals surface area contributed by atoms with Crippen LogP contribution in [0.2, 0.25) is 5.02 Å². The third-order valence-electron chi connectivity index (χ3n) is 3.60. The molecule has 0 bridgehead atoms. The van der Waals surface area contributed by atoms with Gasteiger partial charge in [0, 0.05) is 29.3 Å². The van der Waals surface area contributed by atoms with Crippen LogP contribution in [0.25, 0.3) is 10.9 Å². The molecule has 0 aliphatic heterocycles. The molecule has 3 rings (SSSR count). The van der Waals surface area contributed by atoms with E-state index in [0.29, 0.717) is 10.7 Å². The highest BCUT2D eigenvalue weighted by atomic mass is 35.5. The first-order chi connectivity index (χ1) is 10.8. The maximum absolute atomic E-state index is 10.8. The summed E-state index contributed by atoms with van der Waals surface area (Å²) in [6, 6.07) is 11.5. The first-order valence-corrected chi connectivity index (χ1v) is 7.55. The van der Waals surface area contributed by atoms with Crippen LogP contribution in [0.1, 0.15) is 22.5 Å². The van der Waals surface area contributed by atoms with Gasteiger partial charge >= 0.3 is 0 Å². The number of fused-ring (bicyclic) bond motifs is 1. The molecule has 0 saturated carbocycles. The minimum atomic E-state index is 0.629. The molecule has 1 N–H and O–H groups in total. The molecule has 2 aromatic heterocycles. The summed E-state index contributed by atoms with van der Waals surface area (Å²) in [6.07, 6.45) is 6.39. The summed E-state index contributed by atoms with van der Waals surface area (Å²) < 4.78 is 1.75. The van der Waals surface area contributed by atoms with Gasteiger partial charge in [-0.1, -0.05) is 17.7 Å². The average molecular weight is 314 g/mol. The zero-order valence-electron chi connectivity index (χ0n) is 12.0. The van der Waals surface area contributed by atoms with E-state index < -0.39 is 0 Å². The number of nitrogens with one attached hydrogen (secondary N) is 1. The van der Waals surface area contributed by atoms with Crippen LogP contribution in [-0.2, 0) is 6.42 Å². The molecule has 0 fully saturated rings. The summed E-state index contributed by atoms with van der Waals surface area (Å²) in [7, 11) is 0. The van der Waals surface area contributed by atoms with Gasteiger partial charge in [0.15, 0.2) is 6.29 Å². The van der Waals surface area contributed by atoms with Gasteiger partial charge in [-0.05, 0) is 48.7 Å². The van der Waals surface area contributed by atoms with E-state index in [4.69, 9.17) is 11.6 Å². The molecule has 3 aromatic rings. The second kappa shape index (κ2) is 6.62. The molecule has 0 aliphatic carbocycles. The predicted octanol–water partition coefficient (Wildman–Crippen LogP) is 3.68. The average Bonchev–Trinajstić information content (AvgIpc) is 2.98. The van der Waals surface area contributed by atoms with Crippen LogP contribution in [0.3, 0.4) is 0 Å². The number of benzene rings is 1. The molecule has 0 atom stereocenters. The lowest BCUT2D eigenvalue weighted by Crippen LogP contribution is -2.17. The number of hydrogen-bond acceptors (Lipinski definition) is 3. The maximum atomic E-state index is 10.8. The predicted molar refractivity (Wildman–Crippen MR) is 89.1 cm³/mol. The fourth-order valence-electron chi connectivity index (χ4n) is 2.51. The quantitative estimate of drug-likeness (QED) is 0.558. The van der Waals surface area contributed by atoms with Gasteiger partial charge in [-0.3, -0.25) is 14.5 Å². The molecular weight excluding hydrogens is 298 g/mol. The van der Waals surface area contributed by atoms with Gasteiger partial charge in [-0.25, -0.2) is 0 Å². The van der Waals surface area contributed by atoms with E-state index in [9.17, 15) is 4.79 Å². The van der Waals surface area contributed by atoms with Crippen LogP contribution in [-0.4, -0.2) is 22.5 Å². The molecule has 0 unspecified atom stereocenters. The van der Waals surface area contributed by atoms with E-state index in [2.05, 4.69) is 10.4 Å². The SMILES string of the molecule is O=Cc1cccn1NCCCc1ccnc2cc(Cl)ccc12. The Hall–Kier alpha value is -2.33. The van der Waals surface area contributed by atoms with Crippen molar-refractivity contribution in [1.82, 2.24) is 9.66 Å². The maximum Gasteiger partial charge on any atom is 0.168 e. The second-order valence-electron chi connectivity index (χ2n) is 5.06. The van der Waals surface area contributed by atoms with Crippen molar-refractivity contribution in [2.45, 2.75) is 12.8 Å². The second-order valence-corrected chi connectivity index (χ2v) is 5.50. The Morgan fingerprint density at radius 1 is 1.27 bits per heavy atom. The Morgan fingerprint density at radius 3 is 3.05 bits per heavy atom. The van der Waals surface area contributed by atoms with Crippen molar-refractivity contribution in [2.24, 2.45) is 0 Å². The van der Waals surface area contributed by atoms with Crippen molar-refractivity contribution in [1.29, 1.82) is 0 Å². The molecule has 22 heavy (non-hydrogen) atoms. The summed E-state index contributed by atoms with van der Waals surface area (Å²) in [5.41, 5.74) is 6.03. The molecule has 0 aliphatic rings. The van der Waals surface area contributed by atoms with Gasteiger partial charge in [0.05, 0.1) is 5.52 Å². The highest BCUT2D eigenvalue weighted by molar-refractivity contribution is 6.31. The third-order valence-corrected chi connectivity index (χ3v) is 3.84. The van der Waals surface area contributed by atoms with Gasteiger partial charge in [-0.2, -0.15) is 0 Å². The fraction of sp³-hybridized carbons (Fsp3) is 0.176. The zero-order chi connectivity index (χ0) is 15.4. The number of carbonyl (C=O) groups excluding carboxylic acids is 1. The first kappa shape index (κ1) is 14.6. The van der Waals surface area contributed by atoms with E-state index in [1.54, 1.807) is 10.7 Å². The van der Waals surface area contributed by atoms with Crippen molar-refractivity contribution in [3.8, 4) is 0 Å². The molecule has 112 valence electrons. The van der Waals surface area contributed by atoms with Gasteiger partial charge < -0.3 is 5.43 Å². The van der Waals surface area contributed by atoms with Gasteiger partial charge in [0.25, 0.3) is 0 Å². The van der Waals surface area contributed by atoms with Crippen LogP contribution >= 0.6 is 11.6 Å². The van der Waals surface area contributed by atoms with Gasteiger partial charge in [0.2, 0.25) is 0 Å². The van der Waals surface area contributed by atoms with Crippen molar-refractivity contribution in [3.05, 3.63) is 65.1 Å². The van der Waals surface area contributed by atoms with Gasteiger partial charge in [0.1, 0.15) is 5.69 Å². The van der Waals surface area contributed by atoms with Crippen molar-refractivity contribution >= 4 is 28.8 Å². The number of rotatable bonds is 6. The van der Waals surface area contributed by atoms with Crippen molar-refractivity contribution in [3.63, 3.8) is 0 Å². The smallest absolute Gasteiger partial charge is 0.168 e.